The molecule has 2 aromatic rings. The summed E-state index contributed by atoms with van der Waals surface area (Å²) in [4.78, 5) is 4.07. The van der Waals surface area contributed by atoms with E-state index in [9.17, 15) is 0 Å². The molecular weight excluding hydrogens is 274 g/mol. The van der Waals surface area contributed by atoms with Gasteiger partial charge in [0.25, 0.3) is 0 Å². The van der Waals surface area contributed by atoms with Crippen LogP contribution in [0.2, 0.25) is 0 Å². The van der Waals surface area contributed by atoms with Gasteiger partial charge in [-0.15, -0.1) is 0 Å². The Morgan fingerprint density at radius 3 is 2.77 bits per heavy atom. The van der Waals surface area contributed by atoms with Crippen LogP contribution >= 0.6 is 0 Å². The number of aromatic nitrogens is 1. The van der Waals surface area contributed by atoms with Gasteiger partial charge in [0.05, 0.1) is 13.2 Å². The van der Waals surface area contributed by atoms with Crippen molar-refractivity contribution >= 4 is 0 Å². The van der Waals surface area contributed by atoms with E-state index in [-0.39, 0.29) is 0 Å². The average molecular weight is 297 g/mol. The van der Waals surface area contributed by atoms with E-state index in [1.807, 2.05) is 24.4 Å². The second-order valence-electron chi connectivity index (χ2n) is 6.18. The fraction of sp³-hybridized carbons (Fsp3) is 0.421. The maximum atomic E-state index is 5.54. The maximum absolute atomic E-state index is 5.54. The van der Waals surface area contributed by atoms with Gasteiger partial charge in [-0.25, -0.2) is 0 Å². The van der Waals surface area contributed by atoms with Crippen molar-refractivity contribution in [3.63, 3.8) is 0 Å². The highest BCUT2D eigenvalue weighted by Crippen LogP contribution is 2.31. The summed E-state index contributed by atoms with van der Waals surface area (Å²) in [5.41, 5.74) is 2.60. The molecule has 0 saturated heterocycles. The number of hydrogen-bond donors (Lipinski definition) is 0. The molecule has 1 aromatic heterocycles. The number of para-hydroxylation sites is 1. The number of pyridine rings is 1. The molecule has 3 heterocycles. The topological polar surface area (TPSA) is 31.4 Å². The SMILES string of the molecule is CC1CCOc2ccncc21.CC1COc2ccccc2C1. The van der Waals surface area contributed by atoms with Gasteiger partial charge in [0.15, 0.2) is 0 Å². The number of hydrogen-bond acceptors (Lipinski definition) is 3. The Hall–Kier alpha value is -2.03. The molecule has 0 bridgehead atoms. The van der Waals surface area contributed by atoms with E-state index < -0.39 is 0 Å². The molecular formula is C19H23NO2. The number of fused-ring (bicyclic) bond motifs is 2. The molecule has 116 valence electrons. The highest BCUT2D eigenvalue weighted by atomic mass is 16.5. The summed E-state index contributed by atoms with van der Waals surface area (Å²) in [6, 6.07) is 10.2. The Morgan fingerprint density at radius 1 is 1.05 bits per heavy atom. The summed E-state index contributed by atoms with van der Waals surface area (Å²) in [5, 5.41) is 0. The Bertz CT molecular complexity index is 626. The molecule has 2 atom stereocenters. The zero-order valence-electron chi connectivity index (χ0n) is 13.3. The Labute approximate surface area is 132 Å². The van der Waals surface area contributed by atoms with Crippen molar-refractivity contribution in [3.8, 4) is 11.5 Å². The minimum atomic E-state index is 0.604. The van der Waals surface area contributed by atoms with Crippen LogP contribution in [0.1, 0.15) is 37.3 Å². The van der Waals surface area contributed by atoms with Crippen LogP contribution in [0.5, 0.6) is 11.5 Å². The Kier molecular flexibility index (Phi) is 4.62. The molecule has 0 radical (unpaired) electrons. The molecule has 2 unspecified atom stereocenters. The molecule has 0 aliphatic carbocycles. The molecule has 4 rings (SSSR count). The van der Waals surface area contributed by atoms with Crippen LogP contribution in [0.25, 0.3) is 0 Å². The first kappa shape index (κ1) is 14.9. The van der Waals surface area contributed by atoms with Gasteiger partial charge in [0.2, 0.25) is 0 Å². The van der Waals surface area contributed by atoms with E-state index in [0.717, 1.165) is 37.6 Å². The average Bonchev–Trinajstić information content (AvgIpc) is 2.56. The summed E-state index contributed by atoms with van der Waals surface area (Å²) in [5.74, 6) is 3.36. The van der Waals surface area contributed by atoms with E-state index in [2.05, 4.69) is 31.0 Å². The van der Waals surface area contributed by atoms with Crippen LogP contribution < -0.4 is 9.47 Å². The van der Waals surface area contributed by atoms with E-state index in [1.165, 1.54) is 11.1 Å². The van der Waals surface area contributed by atoms with Crippen molar-refractivity contribution in [1.82, 2.24) is 4.98 Å². The zero-order valence-corrected chi connectivity index (χ0v) is 13.3. The number of ether oxygens (including phenoxy) is 2. The van der Waals surface area contributed by atoms with E-state index >= 15 is 0 Å². The first-order valence-electron chi connectivity index (χ1n) is 8.01. The Morgan fingerprint density at radius 2 is 1.91 bits per heavy atom. The maximum Gasteiger partial charge on any atom is 0.125 e. The molecule has 2 aliphatic heterocycles. The largest absolute Gasteiger partial charge is 0.493 e. The summed E-state index contributed by atoms with van der Waals surface area (Å²) in [7, 11) is 0. The molecule has 0 spiro atoms. The van der Waals surface area contributed by atoms with Gasteiger partial charge in [-0.2, -0.15) is 0 Å². The standard InChI is InChI=1S/C10H12O.C9H11NO/c1-8-6-9-4-2-3-5-10(9)11-7-8;1-7-3-5-11-9-2-4-10-6-8(7)9/h2-5,8H,6-7H2,1H3;2,4,6-7H,3,5H2,1H3. The van der Waals surface area contributed by atoms with Crippen molar-refractivity contribution in [2.75, 3.05) is 13.2 Å². The Balaban J connectivity index is 0.000000131. The van der Waals surface area contributed by atoms with Crippen LogP contribution in [0.4, 0.5) is 0 Å². The van der Waals surface area contributed by atoms with Gasteiger partial charge in [-0.05, 0) is 42.4 Å². The third-order valence-corrected chi connectivity index (χ3v) is 4.21. The third kappa shape index (κ3) is 3.41. The fourth-order valence-corrected chi connectivity index (χ4v) is 2.88. The quantitative estimate of drug-likeness (QED) is 0.729. The fourth-order valence-electron chi connectivity index (χ4n) is 2.88. The summed E-state index contributed by atoms with van der Waals surface area (Å²) >= 11 is 0. The van der Waals surface area contributed by atoms with E-state index in [4.69, 9.17) is 9.47 Å². The lowest BCUT2D eigenvalue weighted by atomic mass is 9.97. The van der Waals surface area contributed by atoms with Crippen molar-refractivity contribution < 1.29 is 9.47 Å². The van der Waals surface area contributed by atoms with Crippen LogP contribution in [-0.2, 0) is 6.42 Å². The van der Waals surface area contributed by atoms with Gasteiger partial charge >= 0.3 is 0 Å². The molecule has 0 saturated carbocycles. The molecule has 3 nitrogen and oxygen atoms in total. The highest BCUT2D eigenvalue weighted by Gasteiger charge is 2.16. The van der Waals surface area contributed by atoms with E-state index in [1.54, 1.807) is 6.20 Å². The van der Waals surface area contributed by atoms with Crippen LogP contribution in [0.3, 0.4) is 0 Å². The molecule has 0 fully saturated rings. The lowest BCUT2D eigenvalue weighted by molar-refractivity contribution is 0.234. The smallest absolute Gasteiger partial charge is 0.125 e. The van der Waals surface area contributed by atoms with Crippen molar-refractivity contribution in [3.05, 3.63) is 53.9 Å². The van der Waals surface area contributed by atoms with Gasteiger partial charge in [0.1, 0.15) is 11.5 Å². The van der Waals surface area contributed by atoms with Crippen molar-refractivity contribution in [2.24, 2.45) is 5.92 Å². The predicted octanol–water partition coefficient (Wildman–Crippen LogP) is 4.23. The van der Waals surface area contributed by atoms with Crippen LogP contribution in [0.15, 0.2) is 42.7 Å². The zero-order chi connectivity index (χ0) is 15.4. The molecule has 0 N–H and O–H groups in total. The number of nitrogens with zero attached hydrogens (tertiary/aromatic N) is 1. The van der Waals surface area contributed by atoms with Gasteiger partial charge < -0.3 is 9.47 Å². The second-order valence-corrected chi connectivity index (χ2v) is 6.18. The minimum Gasteiger partial charge on any atom is -0.493 e. The predicted molar refractivity (Wildman–Crippen MR) is 87.6 cm³/mol. The molecule has 3 heteroatoms. The van der Waals surface area contributed by atoms with Crippen molar-refractivity contribution in [1.29, 1.82) is 0 Å². The highest BCUT2D eigenvalue weighted by molar-refractivity contribution is 5.35. The summed E-state index contributed by atoms with van der Waals surface area (Å²) in [6.07, 6.45) is 5.95. The van der Waals surface area contributed by atoms with Crippen molar-refractivity contribution in [2.45, 2.75) is 32.6 Å². The molecule has 2 aliphatic rings. The molecule has 1 aromatic carbocycles. The van der Waals surface area contributed by atoms with Crippen LogP contribution in [-0.4, -0.2) is 18.2 Å². The lowest BCUT2D eigenvalue weighted by Gasteiger charge is -2.21. The number of benzene rings is 1. The molecule has 0 amide bonds. The third-order valence-electron chi connectivity index (χ3n) is 4.21. The van der Waals surface area contributed by atoms with Gasteiger partial charge in [-0.1, -0.05) is 32.0 Å². The summed E-state index contributed by atoms with van der Waals surface area (Å²) < 4.78 is 11.0. The molecule has 22 heavy (non-hydrogen) atoms. The minimum absolute atomic E-state index is 0.604. The number of rotatable bonds is 0. The second kappa shape index (κ2) is 6.82. The first-order chi connectivity index (χ1) is 10.7. The summed E-state index contributed by atoms with van der Waals surface area (Å²) in [6.45, 7) is 6.15. The lowest BCUT2D eigenvalue weighted by Crippen LogP contribution is -2.17. The van der Waals surface area contributed by atoms with Gasteiger partial charge in [0, 0.05) is 18.0 Å². The first-order valence-corrected chi connectivity index (χ1v) is 8.01. The van der Waals surface area contributed by atoms with Gasteiger partial charge in [-0.3, -0.25) is 4.98 Å². The monoisotopic (exact) mass is 297 g/mol. The van der Waals surface area contributed by atoms with E-state index in [0.29, 0.717) is 11.8 Å². The normalized spacial score (nSPS) is 22.1. The van der Waals surface area contributed by atoms with Crippen LogP contribution in [0, 0.1) is 5.92 Å².